The van der Waals surface area contributed by atoms with Gasteiger partial charge in [0.25, 0.3) is 5.91 Å². The van der Waals surface area contributed by atoms with Crippen molar-refractivity contribution in [3.05, 3.63) is 53.9 Å². The molecule has 4 N–H and O–H groups in total. The number of amides is 3. The maximum Gasteiger partial charge on any atom is 0.251 e. The zero-order valence-electron chi connectivity index (χ0n) is 21.4. The summed E-state index contributed by atoms with van der Waals surface area (Å²) in [7, 11) is 1.81. The molecule has 0 saturated heterocycles. The van der Waals surface area contributed by atoms with Gasteiger partial charge in [0, 0.05) is 65.3 Å². The summed E-state index contributed by atoms with van der Waals surface area (Å²) in [6.45, 7) is 0. The van der Waals surface area contributed by atoms with Crippen molar-refractivity contribution < 1.29 is 14.4 Å². The quantitative estimate of drug-likeness (QED) is 0.403. The van der Waals surface area contributed by atoms with Crippen molar-refractivity contribution in [2.75, 3.05) is 23.0 Å². The number of thioether (sulfide) groups is 1. The molecule has 198 valence electrons. The lowest BCUT2D eigenvalue weighted by molar-refractivity contribution is -0.123. The lowest BCUT2D eigenvalue weighted by Crippen LogP contribution is -2.33. The largest absolute Gasteiger partial charge is 0.370 e. The first-order valence-electron chi connectivity index (χ1n) is 13.0. The predicted octanol–water partition coefficient (Wildman–Crippen LogP) is 4.02. The molecular formula is C28H32N6O3S. The van der Waals surface area contributed by atoms with Crippen LogP contribution >= 0.6 is 11.8 Å². The van der Waals surface area contributed by atoms with Crippen LogP contribution in [0, 0.1) is 5.92 Å². The van der Waals surface area contributed by atoms with Crippen LogP contribution in [0.5, 0.6) is 0 Å². The lowest BCUT2D eigenvalue weighted by atomic mass is 9.88. The number of hydrogen-bond donors (Lipinski definition) is 3. The predicted molar refractivity (Wildman–Crippen MR) is 151 cm³/mol. The number of primary amides is 1. The first-order valence-corrected chi connectivity index (χ1v) is 14.0. The molecule has 38 heavy (non-hydrogen) atoms. The standard InChI is InChI=1S/C28H32N6O3S/c1-34(28(37)18-5-3-2-4-6-18)19-7-8-20-21(9-10-24(29)35)25(31-22(20)15-19)33-26(36)23-16-38-27(32-23)17-11-13-30-14-12-17/h7-8,11-15,18,23,31H,2-6,9-10,16H2,1H3,(H2,29,35)(H,33,36). The number of H-pyrrole nitrogens is 1. The fraction of sp³-hybridized carbons (Fsp3) is 0.393. The number of nitrogens with two attached hydrogens (primary N) is 1. The number of aliphatic imine (C=N–C) groups is 1. The Morgan fingerprint density at radius 1 is 1.13 bits per heavy atom. The van der Waals surface area contributed by atoms with Crippen LogP contribution in [0.4, 0.5) is 11.5 Å². The number of carbonyl (C=O) groups excluding carboxylic acids is 3. The summed E-state index contributed by atoms with van der Waals surface area (Å²) in [5.74, 6) is 0.638. The average molecular weight is 533 g/mol. The highest BCUT2D eigenvalue weighted by molar-refractivity contribution is 8.14. The van der Waals surface area contributed by atoms with Crippen LogP contribution in [0.3, 0.4) is 0 Å². The zero-order valence-corrected chi connectivity index (χ0v) is 22.2. The molecule has 10 heteroatoms. The van der Waals surface area contributed by atoms with Gasteiger partial charge in [0.15, 0.2) is 0 Å². The van der Waals surface area contributed by atoms with Crippen LogP contribution in [0.15, 0.2) is 47.7 Å². The highest BCUT2D eigenvalue weighted by Crippen LogP contribution is 2.33. The Morgan fingerprint density at radius 3 is 2.63 bits per heavy atom. The van der Waals surface area contributed by atoms with Crippen molar-refractivity contribution in [3.8, 4) is 0 Å². The Bertz CT molecular complexity index is 1380. The highest BCUT2D eigenvalue weighted by atomic mass is 32.2. The fourth-order valence-electron chi connectivity index (χ4n) is 5.18. The summed E-state index contributed by atoms with van der Waals surface area (Å²) in [5.41, 5.74) is 8.75. The van der Waals surface area contributed by atoms with Crippen LogP contribution in [0.1, 0.15) is 49.7 Å². The minimum atomic E-state index is -0.534. The molecule has 3 amide bonds. The van der Waals surface area contributed by atoms with Gasteiger partial charge in [-0.2, -0.15) is 0 Å². The number of anilines is 2. The Balaban J connectivity index is 1.39. The minimum absolute atomic E-state index is 0.0657. The maximum absolute atomic E-state index is 13.2. The Kier molecular flexibility index (Phi) is 7.78. The van der Waals surface area contributed by atoms with Crippen molar-refractivity contribution in [2.24, 2.45) is 16.6 Å². The van der Waals surface area contributed by atoms with Crippen LogP contribution in [-0.2, 0) is 20.8 Å². The highest BCUT2D eigenvalue weighted by Gasteiger charge is 2.28. The third-order valence-corrected chi connectivity index (χ3v) is 8.41. The molecule has 1 saturated carbocycles. The number of rotatable bonds is 8. The van der Waals surface area contributed by atoms with E-state index in [-0.39, 0.29) is 24.2 Å². The Labute approximate surface area is 225 Å². The number of fused-ring (bicyclic) bond motifs is 1. The van der Waals surface area contributed by atoms with Gasteiger partial charge in [-0.3, -0.25) is 24.4 Å². The molecule has 1 aliphatic heterocycles. The van der Waals surface area contributed by atoms with E-state index in [2.05, 4.69) is 20.3 Å². The van der Waals surface area contributed by atoms with Crippen molar-refractivity contribution in [1.29, 1.82) is 0 Å². The first kappa shape index (κ1) is 26.0. The molecule has 0 spiro atoms. The van der Waals surface area contributed by atoms with E-state index in [9.17, 15) is 14.4 Å². The molecule has 9 nitrogen and oxygen atoms in total. The Morgan fingerprint density at radius 2 is 1.89 bits per heavy atom. The van der Waals surface area contributed by atoms with E-state index in [1.54, 1.807) is 17.3 Å². The van der Waals surface area contributed by atoms with Gasteiger partial charge in [-0.05, 0) is 43.5 Å². The van der Waals surface area contributed by atoms with Crippen molar-refractivity contribution >= 4 is 56.9 Å². The lowest BCUT2D eigenvalue weighted by Gasteiger charge is -2.26. The van der Waals surface area contributed by atoms with Crippen LogP contribution < -0.4 is 16.0 Å². The second-order valence-corrected chi connectivity index (χ2v) is 10.9. The molecule has 2 aromatic heterocycles. The molecule has 1 aromatic carbocycles. The molecule has 2 aliphatic rings. The van der Waals surface area contributed by atoms with Crippen LogP contribution in [0.2, 0.25) is 0 Å². The van der Waals surface area contributed by atoms with Crippen molar-refractivity contribution in [3.63, 3.8) is 0 Å². The molecule has 1 atom stereocenters. The summed E-state index contributed by atoms with van der Waals surface area (Å²) in [6, 6.07) is 8.98. The van der Waals surface area contributed by atoms with Crippen molar-refractivity contribution in [2.45, 2.75) is 51.0 Å². The maximum atomic E-state index is 13.2. The summed E-state index contributed by atoms with van der Waals surface area (Å²) >= 11 is 1.54. The number of aromatic nitrogens is 2. The van der Waals surface area contributed by atoms with E-state index in [4.69, 9.17) is 5.73 Å². The van der Waals surface area contributed by atoms with Gasteiger partial charge in [-0.15, -0.1) is 11.8 Å². The monoisotopic (exact) mass is 532 g/mol. The number of nitrogens with one attached hydrogen (secondary N) is 2. The van der Waals surface area contributed by atoms with Crippen LogP contribution in [-0.4, -0.2) is 51.6 Å². The molecule has 3 aromatic rings. The number of aryl methyl sites for hydroxylation is 1. The fourth-order valence-corrected chi connectivity index (χ4v) is 6.23. The van der Waals surface area contributed by atoms with Gasteiger partial charge in [0.05, 0.1) is 5.04 Å². The van der Waals surface area contributed by atoms with Gasteiger partial charge < -0.3 is 20.9 Å². The SMILES string of the molecule is CN(C(=O)C1CCCCC1)c1ccc2c(CCC(N)=O)c(NC(=O)C3CSC(c4ccncc4)=N3)[nH]c2c1. The van der Waals surface area contributed by atoms with E-state index in [0.717, 1.165) is 58.4 Å². The zero-order chi connectivity index (χ0) is 26.6. The Hall–Kier alpha value is -3.66. The third-order valence-electron chi connectivity index (χ3n) is 7.31. The number of nitrogens with zero attached hydrogens (tertiary/aromatic N) is 3. The van der Waals surface area contributed by atoms with E-state index < -0.39 is 11.9 Å². The summed E-state index contributed by atoms with van der Waals surface area (Å²) in [4.78, 5) is 51.5. The van der Waals surface area contributed by atoms with E-state index in [1.807, 2.05) is 37.4 Å². The molecule has 1 fully saturated rings. The second kappa shape index (κ2) is 11.4. The van der Waals surface area contributed by atoms with Gasteiger partial charge in [0.1, 0.15) is 11.9 Å². The molecule has 0 bridgehead atoms. The number of hydrogen-bond acceptors (Lipinski definition) is 6. The number of pyridine rings is 1. The number of benzene rings is 1. The summed E-state index contributed by atoms with van der Waals surface area (Å²) < 4.78 is 0. The van der Waals surface area contributed by atoms with Gasteiger partial charge >= 0.3 is 0 Å². The molecule has 0 radical (unpaired) electrons. The molecule has 1 aliphatic carbocycles. The molecule has 5 rings (SSSR count). The van der Waals surface area contributed by atoms with Gasteiger partial charge in [-0.1, -0.05) is 25.3 Å². The number of carbonyl (C=O) groups is 3. The third kappa shape index (κ3) is 5.60. The summed E-state index contributed by atoms with van der Waals surface area (Å²) in [5, 5.41) is 4.69. The second-order valence-electron chi connectivity index (χ2n) is 9.89. The first-order chi connectivity index (χ1) is 18.4. The van der Waals surface area contributed by atoms with E-state index in [1.165, 1.54) is 18.2 Å². The van der Waals surface area contributed by atoms with Gasteiger partial charge in [0.2, 0.25) is 11.8 Å². The van der Waals surface area contributed by atoms with Gasteiger partial charge in [-0.25, -0.2) is 0 Å². The van der Waals surface area contributed by atoms with Crippen molar-refractivity contribution in [1.82, 2.24) is 9.97 Å². The summed E-state index contributed by atoms with van der Waals surface area (Å²) in [6.07, 6.45) is 9.21. The minimum Gasteiger partial charge on any atom is -0.370 e. The topological polar surface area (TPSA) is 134 Å². The molecular weight excluding hydrogens is 500 g/mol. The number of aromatic amines is 1. The van der Waals surface area contributed by atoms with E-state index >= 15 is 0 Å². The molecule has 3 heterocycles. The van der Waals surface area contributed by atoms with E-state index in [0.29, 0.717) is 18.0 Å². The normalized spacial score (nSPS) is 17.8. The molecule has 1 unspecified atom stereocenters. The smallest absolute Gasteiger partial charge is 0.251 e. The average Bonchev–Trinajstić information content (AvgIpc) is 3.57. The van der Waals surface area contributed by atoms with Crippen LogP contribution in [0.25, 0.3) is 10.9 Å².